The highest BCUT2D eigenvalue weighted by Crippen LogP contribution is 2.26. The Labute approximate surface area is 125 Å². The number of aryl methyl sites for hydroxylation is 1. The van der Waals surface area contributed by atoms with Crippen LogP contribution in [-0.2, 0) is 22.6 Å². The van der Waals surface area contributed by atoms with Gasteiger partial charge in [0, 0.05) is 16.7 Å². The molecule has 0 bridgehead atoms. The van der Waals surface area contributed by atoms with Gasteiger partial charge >= 0.3 is 5.97 Å². The molecular formula is C16H14O2S2. The molecule has 0 atom stereocenters. The minimum Gasteiger partial charge on any atom is -0.461 e. The lowest BCUT2D eigenvalue weighted by molar-refractivity contribution is -0.144. The van der Waals surface area contributed by atoms with E-state index in [2.05, 4.69) is 22.9 Å². The van der Waals surface area contributed by atoms with Crippen molar-refractivity contribution >= 4 is 38.7 Å². The number of carbonyl (C=O) groups excluding carboxylic acids is 1. The highest BCUT2D eigenvalue weighted by molar-refractivity contribution is 7.17. The lowest BCUT2D eigenvalue weighted by Gasteiger charge is -2.03. The van der Waals surface area contributed by atoms with Crippen LogP contribution in [0.1, 0.15) is 17.5 Å². The number of esters is 1. The fourth-order valence-electron chi connectivity index (χ4n) is 2.06. The first-order chi connectivity index (χ1) is 9.83. The molecule has 0 amide bonds. The second kappa shape index (κ2) is 6.20. The van der Waals surface area contributed by atoms with Gasteiger partial charge in [0.2, 0.25) is 0 Å². The molecule has 3 rings (SSSR count). The minimum absolute atomic E-state index is 0.133. The maximum atomic E-state index is 11.8. The zero-order chi connectivity index (χ0) is 13.8. The number of benzene rings is 1. The third kappa shape index (κ3) is 3.08. The Kier molecular flexibility index (Phi) is 4.14. The third-order valence-corrected chi connectivity index (χ3v) is 4.89. The topological polar surface area (TPSA) is 26.3 Å². The molecule has 1 aromatic carbocycles. The normalized spacial score (nSPS) is 10.8. The number of ether oxygens (including phenoxy) is 1. The summed E-state index contributed by atoms with van der Waals surface area (Å²) in [6, 6.07) is 10.2. The minimum atomic E-state index is -0.133. The first-order valence-corrected chi connectivity index (χ1v) is 8.27. The Morgan fingerprint density at radius 1 is 1.15 bits per heavy atom. The predicted molar refractivity (Wildman–Crippen MR) is 84.3 cm³/mol. The predicted octanol–water partition coefficient (Wildman–Crippen LogP) is 4.64. The molecule has 20 heavy (non-hydrogen) atoms. The van der Waals surface area contributed by atoms with Crippen LogP contribution in [0.4, 0.5) is 0 Å². The summed E-state index contributed by atoms with van der Waals surface area (Å²) < 4.78 is 6.60. The van der Waals surface area contributed by atoms with E-state index in [1.165, 1.54) is 15.6 Å². The van der Waals surface area contributed by atoms with E-state index in [4.69, 9.17) is 4.74 Å². The molecule has 0 aliphatic heterocycles. The average Bonchev–Trinajstić information content (AvgIpc) is 3.12. The van der Waals surface area contributed by atoms with Crippen molar-refractivity contribution in [3.63, 3.8) is 0 Å². The fourth-order valence-corrected chi connectivity index (χ4v) is 3.71. The van der Waals surface area contributed by atoms with Gasteiger partial charge in [0.15, 0.2) is 0 Å². The van der Waals surface area contributed by atoms with Crippen molar-refractivity contribution in [2.75, 3.05) is 0 Å². The Morgan fingerprint density at radius 3 is 2.90 bits per heavy atom. The Hall–Kier alpha value is -1.65. The van der Waals surface area contributed by atoms with Crippen LogP contribution in [0.5, 0.6) is 0 Å². The van der Waals surface area contributed by atoms with E-state index >= 15 is 0 Å². The van der Waals surface area contributed by atoms with Crippen LogP contribution >= 0.6 is 22.7 Å². The summed E-state index contributed by atoms with van der Waals surface area (Å²) >= 11 is 3.34. The van der Waals surface area contributed by atoms with Crippen LogP contribution in [0.2, 0.25) is 0 Å². The molecule has 102 valence electrons. The molecule has 0 aliphatic rings. The molecule has 0 N–H and O–H groups in total. The van der Waals surface area contributed by atoms with Crippen molar-refractivity contribution in [3.05, 3.63) is 57.6 Å². The molecule has 0 saturated carbocycles. The number of thiophene rings is 2. The third-order valence-electron chi connectivity index (χ3n) is 3.15. The summed E-state index contributed by atoms with van der Waals surface area (Å²) in [4.78, 5) is 11.8. The molecule has 0 spiro atoms. The van der Waals surface area contributed by atoms with Gasteiger partial charge < -0.3 is 4.74 Å². The summed E-state index contributed by atoms with van der Waals surface area (Å²) in [6.07, 6.45) is 1.20. The van der Waals surface area contributed by atoms with Gasteiger partial charge in [-0.25, -0.2) is 0 Å². The van der Waals surface area contributed by atoms with Crippen LogP contribution in [-0.4, -0.2) is 5.97 Å². The van der Waals surface area contributed by atoms with Gasteiger partial charge in [0.25, 0.3) is 0 Å². The first-order valence-electron chi connectivity index (χ1n) is 6.45. The molecule has 2 heterocycles. The Bertz CT molecular complexity index is 698. The quantitative estimate of drug-likeness (QED) is 0.642. The van der Waals surface area contributed by atoms with E-state index < -0.39 is 0 Å². The van der Waals surface area contributed by atoms with Crippen molar-refractivity contribution in [1.82, 2.24) is 0 Å². The highest BCUT2D eigenvalue weighted by Gasteiger charge is 2.08. The second-order valence-corrected chi connectivity index (χ2v) is 6.24. The van der Waals surface area contributed by atoms with Crippen LogP contribution in [0.3, 0.4) is 0 Å². The van der Waals surface area contributed by atoms with Crippen LogP contribution in [0.25, 0.3) is 10.1 Å². The molecule has 2 nitrogen and oxygen atoms in total. The molecular weight excluding hydrogens is 288 g/mol. The van der Waals surface area contributed by atoms with E-state index in [0.717, 1.165) is 12.0 Å². The summed E-state index contributed by atoms with van der Waals surface area (Å²) in [5, 5.41) is 7.34. The van der Waals surface area contributed by atoms with Crippen molar-refractivity contribution in [3.8, 4) is 0 Å². The van der Waals surface area contributed by atoms with Crippen molar-refractivity contribution in [1.29, 1.82) is 0 Å². The second-order valence-electron chi connectivity index (χ2n) is 4.55. The fraction of sp³-hybridized carbons (Fsp3) is 0.188. The maximum absolute atomic E-state index is 11.8. The SMILES string of the molecule is O=C(CCc1ccsc1)OCc1csc2ccccc12. The van der Waals surface area contributed by atoms with Gasteiger partial charge in [-0.15, -0.1) is 11.3 Å². The monoisotopic (exact) mass is 302 g/mol. The van der Waals surface area contributed by atoms with Gasteiger partial charge in [0.1, 0.15) is 6.61 Å². The molecule has 0 radical (unpaired) electrons. The van der Waals surface area contributed by atoms with Crippen molar-refractivity contribution in [2.45, 2.75) is 19.4 Å². The lowest BCUT2D eigenvalue weighted by atomic mass is 10.2. The molecule has 0 aliphatic carbocycles. The standard InChI is InChI=1S/C16H14O2S2/c17-16(6-5-12-7-8-19-10-12)18-9-13-11-20-15-4-2-1-3-14(13)15/h1-4,7-8,10-11H,5-6,9H2. The Balaban J connectivity index is 1.55. The van der Waals surface area contributed by atoms with E-state index in [-0.39, 0.29) is 5.97 Å². The molecule has 0 fully saturated rings. The maximum Gasteiger partial charge on any atom is 0.306 e. The molecule has 2 aromatic heterocycles. The highest BCUT2D eigenvalue weighted by atomic mass is 32.1. The molecule has 3 aromatic rings. The number of hydrogen-bond acceptors (Lipinski definition) is 4. The summed E-state index contributed by atoms with van der Waals surface area (Å²) in [6.45, 7) is 0.368. The largest absolute Gasteiger partial charge is 0.461 e. The van der Waals surface area contributed by atoms with Crippen LogP contribution < -0.4 is 0 Å². The van der Waals surface area contributed by atoms with Gasteiger partial charge in [0.05, 0.1) is 0 Å². The number of fused-ring (bicyclic) bond motifs is 1. The van der Waals surface area contributed by atoms with Crippen molar-refractivity contribution in [2.24, 2.45) is 0 Å². The van der Waals surface area contributed by atoms with Gasteiger partial charge in [-0.3, -0.25) is 4.79 Å². The van der Waals surface area contributed by atoms with Crippen molar-refractivity contribution < 1.29 is 9.53 Å². The molecule has 4 heteroatoms. The number of carbonyl (C=O) groups is 1. The zero-order valence-corrected chi connectivity index (χ0v) is 12.5. The smallest absolute Gasteiger partial charge is 0.306 e. The molecule has 0 unspecified atom stereocenters. The number of rotatable bonds is 5. The zero-order valence-electron chi connectivity index (χ0n) is 10.9. The van der Waals surface area contributed by atoms with E-state index in [0.29, 0.717) is 13.0 Å². The lowest BCUT2D eigenvalue weighted by Crippen LogP contribution is -2.05. The first kappa shape index (κ1) is 13.3. The average molecular weight is 302 g/mol. The number of hydrogen-bond donors (Lipinski definition) is 0. The molecule has 0 saturated heterocycles. The van der Waals surface area contributed by atoms with Gasteiger partial charge in [-0.2, -0.15) is 11.3 Å². The summed E-state index contributed by atoms with van der Waals surface area (Å²) in [5.74, 6) is -0.133. The van der Waals surface area contributed by atoms with Crippen LogP contribution in [0, 0.1) is 0 Å². The van der Waals surface area contributed by atoms with Gasteiger partial charge in [-0.05, 0) is 45.6 Å². The van der Waals surface area contributed by atoms with E-state index in [1.807, 2.05) is 23.6 Å². The van der Waals surface area contributed by atoms with E-state index in [1.54, 1.807) is 22.7 Å². The summed E-state index contributed by atoms with van der Waals surface area (Å²) in [5.41, 5.74) is 2.29. The Morgan fingerprint density at radius 2 is 2.05 bits per heavy atom. The summed E-state index contributed by atoms with van der Waals surface area (Å²) in [7, 11) is 0. The van der Waals surface area contributed by atoms with E-state index in [9.17, 15) is 4.79 Å². The van der Waals surface area contributed by atoms with Crippen LogP contribution in [0.15, 0.2) is 46.5 Å². The van der Waals surface area contributed by atoms with Gasteiger partial charge in [-0.1, -0.05) is 18.2 Å².